The van der Waals surface area contributed by atoms with Crippen LogP contribution in [-0.2, 0) is 14.3 Å². The van der Waals surface area contributed by atoms with Gasteiger partial charge in [0.1, 0.15) is 5.60 Å². The molecule has 1 aliphatic heterocycles. The second-order valence-electron chi connectivity index (χ2n) is 5.66. The van der Waals surface area contributed by atoms with Crippen molar-refractivity contribution >= 4 is 5.97 Å². The molecule has 1 aliphatic rings. The molecule has 1 atom stereocenters. The van der Waals surface area contributed by atoms with E-state index in [0.717, 1.165) is 19.4 Å². The van der Waals surface area contributed by atoms with E-state index in [0.29, 0.717) is 6.61 Å². The zero-order valence-corrected chi connectivity index (χ0v) is 10.8. The molecular formula is C12H23NO3. The van der Waals surface area contributed by atoms with Gasteiger partial charge in [-0.25, -0.2) is 0 Å². The monoisotopic (exact) mass is 229 g/mol. The summed E-state index contributed by atoms with van der Waals surface area (Å²) in [6.07, 6.45) is 2.08. The second kappa shape index (κ2) is 5.15. The SMILES string of the molecule is CC1(NCC(=O)OC(C)(C)C)CCCOC1. The summed E-state index contributed by atoms with van der Waals surface area (Å²) in [7, 11) is 0. The fourth-order valence-electron chi connectivity index (χ4n) is 1.74. The van der Waals surface area contributed by atoms with E-state index in [2.05, 4.69) is 12.2 Å². The molecule has 0 saturated carbocycles. The Hall–Kier alpha value is -0.610. The van der Waals surface area contributed by atoms with E-state index in [1.54, 1.807) is 0 Å². The first-order valence-electron chi connectivity index (χ1n) is 5.85. The third-order valence-electron chi connectivity index (χ3n) is 2.52. The summed E-state index contributed by atoms with van der Waals surface area (Å²) >= 11 is 0. The highest BCUT2D eigenvalue weighted by Gasteiger charge is 2.28. The fraction of sp³-hybridized carbons (Fsp3) is 0.917. The van der Waals surface area contributed by atoms with Gasteiger partial charge in [-0.1, -0.05) is 0 Å². The predicted molar refractivity (Wildman–Crippen MR) is 62.3 cm³/mol. The van der Waals surface area contributed by atoms with Crippen molar-refractivity contribution in [2.45, 2.75) is 51.7 Å². The molecular weight excluding hydrogens is 206 g/mol. The Morgan fingerprint density at radius 1 is 1.50 bits per heavy atom. The minimum Gasteiger partial charge on any atom is -0.459 e. The van der Waals surface area contributed by atoms with Crippen LogP contribution in [0.4, 0.5) is 0 Å². The number of ether oxygens (including phenoxy) is 2. The van der Waals surface area contributed by atoms with Crippen molar-refractivity contribution in [2.24, 2.45) is 0 Å². The third-order valence-corrected chi connectivity index (χ3v) is 2.52. The van der Waals surface area contributed by atoms with Crippen molar-refractivity contribution in [1.82, 2.24) is 5.32 Å². The van der Waals surface area contributed by atoms with Crippen LogP contribution in [0.25, 0.3) is 0 Å². The number of esters is 1. The lowest BCUT2D eigenvalue weighted by molar-refractivity contribution is -0.154. The van der Waals surface area contributed by atoms with Gasteiger partial charge < -0.3 is 9.47 Å². The Balaban J connectivity index is 2.30. The number of nitrogens with one attached hydrogen (secondary N) is 1. The molecule has 0 aliphatic carbocycles. The van der Waals surface area contributed by atoms with Gasteiger partial charge in [-0.15, -0.1) is 0 Å². The van der Waals surface area contributed by atoms with Crippen molar-refractivity contribution in [2.75, 3.05) is 19.8 Å². The van der Waals surface area contributed by atoms with Crippen LogP contribution >= 0.6 is 0 Å². The second-order valence-corrected chi connectivity index (χ2v) is 5.66. The molecule has 1 fully saturated rings. The highest BCUT2D eigenvalue weighted by molar-refractivity contribution is 5.72. The highest BCUT2D eigenvalue weighted by atomic mass is 16.6. The van der Waals surface area contributed by atoms with E-state index in [9.17, 15) is 4.79 Å². The van der Waals surface area contributed by atoms with Gasteiger partial charge in [-0.3, -0.25) is 10.1 Å². The quantitative estimate of drug-likeness (QED) is 0.745. The Morgan fingerprint density at radius 3 is 2.69 bits per heavy atom. The van der Waals surface area contributed by atoms with Crippen LogP contribution < -0.4 is 5.32 Å². The van der Waals surface area contributed by atoms with E-state index in [1.165, 1.54) is 0 Å². The van der Waals surface area contributed by atoms with Crippen molar-refractivity contribution in [3.05, 3.63) is 0 Å². The summed E-state index contributed by atoms with van der Waals surface area (Å²) in [6, 6.07) is 0. The number of hydrogen-bond donors (Lipinski definition) is 1. The topological polar surface area (TPSA) is 47.6 Å². The molecule has 1 saturated heterocycles. The van der Waals surface area contributed by atoms with Gasteiger partial charge >= 0.3 is 5.97 Å². The van der Waals surface area contributed by atoms with Gasteiger partial charge in [0.2, 0.25) is 0 Å². The maximum Gasteiger partial charge on any atom is 0.320 e. The van der Waals surface area contributed by atoms with Gasteiger partial charge in [0.05, 0.1) is 13.2 Å². The summed E-state index contributed by atoms with van der Waals surface area (Å²) < 4.78 is 10.6. The summed E-state index contributed by atoms with van der Waals surface area (Å²) in [5.41, 5.74) is -0.502. The lowest BCUT2D eigenvalue weighted by Crippen LogP contribution is -2.51. The predicted octanol–water partition coefficient (Wildman–Crippen LogP) is 1.49. The van der Waals surface area contributed by atoms with Gasteiger partial charge in [0.15, 0.2) is 0 Å². The van der Waals surface area contributed by atoms with E-state index in [-0.39, 0.29) is 18.1 Å². The first kappa shape index (κ1) is 13.5. The standard InChI is InChI=1S/C12H23NO3/c1-11(2,3)16-10(14)8-13-12(4)6-5-7-15-9-12/h13H,5-9H2,1-4H3. The molecule has 4 heteroatoms. The minimum atomic E-state index is -0.414. The average Bonchev–Trinajstić information content (AvgIpc) is 2.14. The molecule has 0 radical (unpaired) electrons. The number of carbonyl (C=O) groups excluding carboxylic acids is 1. The molecule has 94 valence electrons. The molecule has 0 aromatic carbocycles. The van der Waals surface area contributed by atoms with Crippen molar-refractivity contribution in [3.8, 4) is 0 Å². The summed E-state index contributed by atoms with van der Waals surface area (Å²) in [5, 5.41) is 3.22. The lowest BCUT2D eigenvalue weighted by Gasteiger charge is -2.34. The Labute approximate surface area is 97.7 Å². The first-order chi connectivity index (χ1) is 7.31. The molecule has 1 unspecified atom stereocenters. The molecule has 0 amide bonds. The molecule has 1 heterocycles. The molecule has 0 aromatic heterocycles. The Bertz CT molecular complexity index is 239. The normalized spacial score (nSPS) is 26.5. The van der Waals surface area contributed by atoms with Crippen LogP contribution in [0.3, 0.4) is 0 Å². The molecule has 0 spiro atoms. The first-order valence-corrected chi connectivity index (χ1v) is 5.85. The van der Waals surface area contributed by atoms with E-state index < -0.39 is 5.60 Å². The highest BCUT2D eigenvalue weighted by Crippen LogP contribution is 2.18. The smallest absolute Gasteiger partial charge is 0.320 e. The third kappa shape index (κ3) is 4.94. The van der Waals surface area contributed by atoms with E-state index >= 15 is 0 Å². The van der Waals surface area contributed by atoms with Gasteiger partial charge in [0, 0.05) is 12.1 Å². The molecule has 1 rings (SSSR count). The largest absolute Gasteiger partial charge is 0.459 e. The summed E-state index contributed by atoms with van der Waals surface area (Å²) in [5.74, 6) is -0.209. The molecule has 16 heavy (non-hydrogen) atoms. The van der Waals surface area contributed by atoms with Crippen LogP contribution in [0.1, 0.15) is 40.5 Å². The van der Waals surface area contributed by atoms with E-state index in [1.807, 2.05) is 20.8 Å². The minimum absolute atomic E-state index is 0.0881. The lowest BCUT2D eigenvalue weighted by atomic mass is 9.95. The van der Waals surface area contributed by atoms with Gasteiger partial charge in [-0.05, 0) is 40.5 Å². The maximum absolute atomic E-state index is 11.5. The van der Waals surface area contributed by atoms with Crippen LogP contribution in [0.5, 0.6) is 0 Å². The molecule has 1 N–H and O–H groups in total. The molecule has 4 nitrogen and oxygen atoms in total. The Kier molecular flexibility index (Phi) is 4.33. The van der Waals surface area contributed by atoms with Crippen LogP contribution in [-0.4, -0.2) is 36.9 Å². The van der Waals surface area contributed by atoms with Crippen molar-refractivity contribution < 1.29 is 14.3 Å². The van der Waals surface area contributed by atoms with Crippen molar-refractivity contribution in [1.29, 1.82) is 0 Å². The maximum atomic E-state index is 11.5. The number of rotatable bonds is 3. The summed E-state index contributed by atoms with van der Waals surface area (Å²) in [6.45, 7) is 9.43. The zero-order valence-electron chi connectivity index (χ0n) is 10.8. The summed E-state index contributed by atoms with van der Waals surface area (Å²) in [4.78, 5) is 11.5. The zero-order chi connectivity index (χ0) is 12.2. The molecule has 0 aromatic rings. The Morgan fingerprint density at radius 2 is 2.19 bits per heavy atom. The van der Waals surface area contributed by atoms with Gasteiger partial charge in [0.25, 0.3) is 0 Å². The van der Waals surface area contributed by atoms with Crippen molar-refractivity contribution in [3.63, 3.8) is 0 Å². The van der Waals surface area contributed by atoms with Crippen LogP contribution in [0.15, 0.2) is 0 Å². The number of hydrogen-bond acceptors (Lipinski definition) is 4. The number of carbonyl (C=O) groups is 1. The average molecular weight is 229 g/mol. The van der Waals surface area contributed by atoms with Gasteiger partial charge in [-0.2, -0.15) is 0 Å². The van der Waals surface area contributed by atoms with Crippen LogP contribution in [0.2, 0.25) is 0 Å². The molecule has 0 bridgehead atoms. The fourth-order valence-corrected chi connectivity index (χ4v) is 1.74. The van der Waals surface area contributed by atoms with E-state index in [4.69, 9.17) is 9.47 Å². The van der Waals surface area contributed by atoms with Crippen LogP contribution in [0, 0.1) is 0 Å².